The molecule has 0 bridgehead atoms. The Morgan fingerprint density at radius 2 is 2.13 bits per heavy atom. The number of para-hydroxylation sites is 2. The van der Waals surface area contributed by atoms with E-state index < -0.39 is 0 Å². The standard InChI is InChI=1S/C16H21N3O3S/c1-11(22-14-6-4-3-5-13(14)21-2)9-18-16(20)12-10-23-15(19-12)7-8-17/h3-6,10-11H,7-9,17H2,1-2H3,(H,18,20). The summed E-state index contributed by atoms with van der Waals surface area (Å²) in [4.78, 5) is 16.3. The number of rotatable bonds is 8. The Kier molecular flexibility index (Phi) is 6.37. The van der Waals surface area contributed by atoms with Crippen LogP contribution in [0.1, 0.15) is 22.4 Å². The number of amides is 1. The molecule has 0 aliphatic heterocycles. The number of ether oxygens (including phenoxy) is 2. The average Bonchev–Trinajstić information content (AvgIpc) is 3.02. The summed E-state index contributed by atoms with van der Waals surface area (Å²) in [6.45, 7) is 2.78. The molecule has 2 rings (SSSR count). The average molecular weight is 335 g/mol. The maximum absolute atomic E-state index is 12.1. The Hall–Kier alpha value is -2.12. The van der Waals surface area contributed by atoms with E-state index in [9.17, 15) is 4.79 Å². The van der Waals surface area contributed by atoms with Gasteiger partial charge in [-0.1, -0.05) is 12.1 Å². The number of hydrogen-bond donors (Lipinski definition) is 2. The van der Waals surface area contributed by atoms with Gasteiger partial charge in [0.25, 0.3) is 5.91 Å². The molecular formula is C16H21N3O3S. The number of nitrogens with one attached hydrogen (secondary N) is 1. The van der Waals surface area contributed by atoms with E-state index in [1.807, 2.05) is 31.2 Å². The van der Waals surface area contributed by atoms with Gasteiger partial charge in [0.1, 0.15) is 11.8 Å². The molecule has 1 atom stereocenters. The summed E-state index contributed by atoms with van der Waals surface area (Å²) in [6.07, 6.45) is 0.489. The highest BCUT2D eigenvalue weighted by atomic mass is 32.1. The third-order valence-corrected chi connectivity index (χ3v) is 4.00. The molecule has 2 aromatic rings. The number of carbonyl (C=O) groups excluding carboxylic acids is 1. The van der Waals surface area contributed by atoms with Crippen LogP contribution in [-0.2, 0) is 6.42 Å². The number of hydrogen-bond acceptors (Lipinski definition) is 6. The fourth-order valence-electron chi connectivity index (χ4n) is 1.96. The van der Waals surface area contributed by atoms with Crippen LogP contribution >= 0.6 is 11.3 Å². The van der Waals surface area contributed by atoms with Crippen molar-refractivity contribution in [3.63, 3.8) is 0 Å². The quantitative estimate of drug-likeness (QED) is 0.769. The molecule has 6 nitrogen and oxygen atoms in total. The van der Waals surface area contributed by atoms with Crippen LogP contribution in [0.15, 0.2) is 29.6 Å². The van der Waals surface area contributed by atoms with Crippen molar-refractivity contribution in [3.8, 4) is 11.5 Å². The van der Waals surface area contributed by atoms with Crippen molar-refractivity contribution in [2.75, 3.05) is 20.2 Å². The molecule has 0 radical (unpaired) electrons. The second-order valence-corrected chi connectivity index (χ2v) is 5.90. The summed E-state index contributed by atoms with van der Waals surface area (Å²) in [7, 11) is 1.59. The van der Waals surface area contributed by atoms with Crippen LogP contribution in [0.4, 0.5) is 0 Å². The van der Waals surface area contributed by atoms with E-state index in [2.05, 4.69) is 10.3 Å². The molecular weight excluding hydrogens is 314 g/mol. The summed E-state index contributed by atoms with van der Waals surface area (Å²) in [5, 5.41) is 5.43. The number of thiazole rings is 1. The largest absolute Gasteiger partial charge is 0.493 e. The van der Waals surface area contributed by atoms with Crippen LogP contribution in [0, 0.1) is 0 Å². The summed E-state index contributed by atoms with van der Waals surface area (Å²) in [6, 6.07) is 7.41. The van der Waals surface area contributed by atoms with Gasteiger partial charge in [0.2, 0.25) is 0 Å². The lowest BCUT2D eigenvalue weighted by atomic mass is 10.3. The molecule has 1 aromatic carbocycles. The highest BCUT2D eigenvalue weighted by Crippen LogP contribution is 2.26. The second kappa shape index (κ2) is 8.50. The number of aromatic nitrogens is 1. The summed E-state index contributed by atoms with van der Waals surface area (Å²) >= 11 is 1.44. The zero-order valence-corrected chi connectivity index (χ0v) is 14.1. The first-order chi connectivity index (χ1) is 11.1. The molecule has 0 aliphatic carbocycles. The third kappa shape index (κ3) is 4.94. The van der Waals surface area contributed by atoms with Crippen molar-refractivity contribution >= 4 is 17.2 Å². The van der Waals surface area contributed by atoms with E-state index in [1.54, 1.807) is 12.5 Å². The molecule has 23 heavy (non-hydrogen) atoms. The number of nitrogens with two attached hydrogens (primary N) is 1. The Morgan fingerprint density at radius 3 is 2.83 bits per heavy atom. The van der Waals surface area contributed by atoms with Crippen LogP contribution in [0.3, 0.4) is 0 Å². The van der Waals surface area contributed by atoms with Crippen molar-refractivity contribution in [1.29, 1.82) is 0 Å². The van der Waals surface area contributed by atoms with Crippen LogP contribution in [0.25, 0.3) is 0 Å². The Bertz CT molecular complexity index is 645. The van der Waals surface area contributed by atoms with Crippen molar-refractivity contribution < 1.29 is 14.3 Å². The summed E-state index contributed by atoms with van der Waals surface area (Å²) < 4.78 is 11.0. The van der Waals surface area contributed by atoms with Crippen molar-refractivity contribution in [2.45, 2.75) is 19.4 Å². The van der Waals surface area contributed by atoms with Gasteiger partial charge in [-0.2, -0.15) is 0 Å². The monoisotopic (exact) mass is 335 g/mol. The first-order valence-corrected chi connectivity index (χ1v) is 8.24. The molecule has 1 aromatic heterocycles. The number of nitrogens with zero attached hydrogens (tertiary/aromatic N) is 1. The van der Waals surface area contributed by atoms with E-state index in [0.29, 0.717) is 36.7 Å². The van der Waals surface area contributed by atoms with Crippen LogP contribution in [0.2, 0.25) is 0 Å². The molecule has 0 saturated carbocycles. The fourth-order valence-corrected chi connectivity index (χ4v) is 2.75. The number of carbonyl (C=O) groups is 1. The maximum atomic E-state index is 12.1. The Morgan fingerprint density at radius 1 is 1.39 bits per heavy atom. The Labute approximate surface area is 139 Å². The van der Waals surface area contributed by atoms with E-state index >= 15 is 0 Å². The molecule has 0 spiro atoms. The number of methoxy groups -OCH3 is 1. The van der Waals surface area contributed by atoms with Gasteiger partial charge in [-0.05, 0) is 25.6 Å². The zero-order valence-electron chi connectivity index (χ0n) is 13.2. The van der Waals surface area contributed by atoms with Crippen LogP contribution in [-0.4, -0.2) is 37.2 Å². The topological polar surface area (TPSA) is 86.5 Å². The molecule has 0 fully saturated rings. The van der Waals surface area contributed by atoms with Crippen molar-refractivity contribution in [1.82, 2.24) is 10.3 Å². The first kappa shape index (κ1) is 17.2. The van der Waals surface area contributed by atoms with Crippen LogP contribution in [0.5, 0.6) is 11.5 Å². The lowest BCUT2D eigenvalue weighted by Gasteiger charge is -2.17. The van der Waals surface area contributed by atoms with E-state index in [0.717, 1.165) is 5.01 Å². The summed E-state index contributed by atoms with van der Waals surface area (Å²) in [5.74, 6) is 1.10. The van der Waals surface area contributed by atoms with Gasteiger partial charge in [0.15, 0.2) is 11.5 Å². The maximum Gasteiger partial charge on any atom is 0.270 e. The molecule has 3 N–H and O–H groups in total. The van der Waals surface area contributed by atoms with Gasteiger partial charge in [-0.15, -0.1) is 11.3 Å². The molecule has 124 valence electrons. The molecule has 0 aliphatic rings. The van der Waals surface area contributed by atoms with Crippen LogP contribution < -0.4 is 20.5 Å². The zero-order chi connectivity index (χ0) is 16.7. The van der Waals surface area contributed by atoms with Gasteiger partial charge < -0.3 is 20.5 Å². The van der Waals surface area contributed by atoms with E-state index in [1.165, 1.54) is 11.3 Å². The lowest BCUT2D eigenvalue weighted by molar-refractivity contribution is 0.0927. The molecule has 7 heteroatoms. The predicted octanol–water partition coefficient (Wildman–Crippen LogP) is 1.85. The molecule has 1 unspecified atom stereocenters. The van der Waals surface area contributed by atoms with Gasteiger partial charge in [-0.25, -0.2) is 4.98 Å². The predicted molar refractivity (Wildman–Crippen MR) is 90.3 cm³/mol. The Balaban J connectivity index is 1.85. The SMILES string of the molecule is COc1ccccc1OC(C)CNC(=O)c1csc(CCN)n1. The highest BCUT2D eigenvalue weighted by molar-refractivity contribution is 7.09. The third-order valence-electron chi connectivity index (χ3n) is 3.09. The van der Waals surface area contributed by atoms with Crippen molar-refractivity contribution in [3.05, 3.63) is 40.3 Å². The highest BCUT2D eigenvalue weighted by Gasteiger charge is 2.13. The second-order valence-electron chi connectivity index (χ2n) is 4.95. The molecule has 1 heterocycles. The van der Waals surface area contributed by atoms with Gasteiger partial charge in [-0.3, -0.25) is 4.79 Å². The lowest BCUT2D eigenvalue weighted by Crippen LogP contribution is -2.33. The molecule has 0 saturated heterocycles. The smallest absolute Gasteiger partial charge is 0.270 e. The first-order valence-electron chi connectivity index (χ1n) is 7.36. The van der Waals surface area contributed by atoms with Gasteiger partial charge in [0, 0.05) is 11.8 Å². The number of benzene rings is 1. The van der Waals surface area contributed by atoms with Crippen molar-refractivity contribution in [2.24, 2.45) is 5.73 Å². The van der Waals surface area contributed by atoms with E-state index in [-0.39, 0.29) is 12.0 Å². The van der Waals surface area contributed by atoms with E-state index in [4.69, 9.17) is 15.2 Å². The minimum atomic E-state index is -0.208. The molecule has 1 amide bonds. The minimum Gasteiger partial charge on any atom is -0.493 e. The van der Waals surface area contributed by atoms with Gasteiger partial charge in [0.05, 0.1) is 18.7 Å². The summed E-state index contributed by atoms with van der Waals surface area (Å²) in [5.41, 5.74) is 5.90. The fraction of sp³-hybridized carbons (Fsp3) is 0.375. The van der Waals surface area contributed by atoms with Gasteiger partial charge >= 0.3 is 0 Å². The normalized spacial score (nSPS) is 11.8. The minimum absolute atomic E-state index is 0.197.